The van der Waals surface area contributed by atoms with Gasteiger partial charge in [0.1, 0.15) is 5.82 Å². The molecule has 0 fully saturated rings. The van der Waals surface area contributed by atoms with Crippen molar-refractivity contribution in [1.82, 2.24) is 4.98 Å². The lowest BCUT2D eigenvalue weighted by atomic mass is 9.99. The molecule has 0 atom stereocenters. The molecule has 0 aliphatic carbocycles. The Hall–Kier alpha value is -2.07. The summed E-state index contributed by atoms with van der Waals surface area (Å²) in [4.78, 5) is 15.3. The highest BCUT2D eigenvalue weighted by Gasteiger charge is 2.14. The van der Waals surface area contributed by atoms with Crippen molar-refractivity contribution in [1.29, 1.82) is 0 Å². The molecule has 0 saturated heterocycles. The number of carbonyl (C=O) groups is 1. The summed E-state index contributed by atoms with van der Waals surface area (Å²) in [6.45, 7) is 3.90. The number of hydrogen-bond donors (Lipinski definition) is 2. The molecule has 2 N–H and O–H groups in total. The van der Waals surface area contributed by atoms with Crippen LogP contribution in [0.5, 0.6) is 0 Å². The molecule has 2 aromatic rings. The van der Waals surface area contributed by atoms with Crippen LogP contribution in [0, 0.1) is 0 Å². The number of carboxylic acid groups (broad SMARTS) is 1. The van der Waals surface area contributed by atoms with Crippen LogP contribution in [0.15, 0.2) is 36.5 Å². The Balaban J connectivity index is 2.34. The van der Waals surface area contributed by atoms with Gasteiger partial charge in [0.25, 0.3) is 0 Å². The standard InChI is InChI=1S/C15H15ClN2O2/c1-9(2)12-7-14(17-8-13(12)15(19)20)18-11-5-3-4-10(16)6-11/h3-9H,1-2H3,(H,17,18)(H,19,20). The summed E-state index contributed by atoms with van der Waals surface area (Å²) < 4.78 is 0. The zero-order valence-corrected chi connectivity index (χ0v) is 12.0. The van der Waals surface area contributed by atoms with Crippen LogP contribution < -0.4 is 5.32 Å². The number of halogens is 1. The lowest BCUT2D eigenvalue weighted by Crippen LogP contribution is -2.06. The van der Waals surface area contributed by atoms with Crippen molar-refractivity contribution in [3.63, 3.8) is 0 Å². The van der Waals surface area contributed by atoms with Crippen molar-refractivity contribution in [3.05, 3.63) is 52.7 Å². The fourth-order valence-electron chi connectivity index (χ4n) is 1.91. The maximum atomic E-state index is 11.2. The Morgan fingerprint density at radius 2 is 2.10 bits per heavy atom. The van der Waals surface area contributed by atoms with Crippen LogP contribution in [-0.4, -0.2) is 16.1 Å². The first-order chi connectivity index (χ1) is 9.47. The Morgan fingerprint density at radius 3 is 2.70 bits per heavy atom. The second-order valence-electron chi connectivity index (χ2n) is 4.75. The number of aromatic carboxylic acids is 1. The minimum absolute atomic E-state index is 0.101. The number of pyridine rings is 1. The lowest BCUT2D eigenvalue weighted by molar-refractivity contribution is 0.0695. The van der Waals surface area contributed by atoms with Gasteiger partial charge in [-0.15, -0.1) is 0 Å². The molecule has 0 radical (unpaired) electrons. The first-order valence-electron chi connectivity index (χ1n) is 6.23. The van der Waals surface area contributed by atoms with Crippen molar-refractivity contribution < 1.29 is 9.90 Å². The van der Waals surface area contributed by atoms with E-state index in [1.54, 1.807) is 18.2 Å². The molecule has 0 amide bonds. The quantitative estimate of drug-likeness (QED) is 0.881. The molecule has 1 aromatic heterocycles. The van der Waals surface area contributed by atoms with Crippen molar-refractivity contribution in [2.75, 3.05) is 5.32 Å². The molecule has 1 aromatic carbocycles. The minimum Gasteiger partial charge on any atom is -0.478 e. The van der Waals surface area contributed by atoms with Gasteiger partial charge in [-0.25, -0.2) is 9.78 Å². The molecule has 1 heterocycles. The average Bonchev–Trinajstić information content (AvgIpc) is 2.38. The number of aromatic nitrogens is 1. The monoisotopic (exact) mass is 290 g/mol. The molecule has 5 heteroatoms. The fraction of sp³-hybridized carbons (Fsp3) is 0.200. The molecule has 0 bridgehead atoms. The maximum absolute atomic E-state index is 11.2. The van der Waals surface area contributed by atoms with Gasteiger partial charge in [0.15, 0.2) is 0 Å². The summed E-state index contributed by atoms with van der Waals surface area (Å²) >= 11 is 5.92. The summed E-state index contributed by atoms with van der Waals surface area (Å²) in [5, 5.41) is 12.9. The van der Waals surface area contributed by atoms with E-state index in [0.717, 1.165) is 11.3 Å². The molecular formula is C15H15ClN2O2. The fourth-order valence-corrected chi connectivity index (χ4v) is 2.10. The molecular weight excluding hydrogens is 276 g/mol. The highest BCUT2D eigenvalue weighted by atomic mass is 35.5. The zero-order valence-electron chi connectivity index (χ0n) is 11.2. The second kappa shape index (κ2) is 5.92. The molecule has 0 aliphatic heterocycles. The van der Waals surface area contributed by atoms with Gasteiger partial charge in [-0.1, -0.05) is 31.5 Å². The third kappa shape index (κ3) is 3.27. The topological polar surface area (TPSA) is 62.2 Å². The number of carboxylic acids is 1. The van der Waals surface area contributed by atoms with Crippen LogP contribution in [0.25, 0.3) is 0 Å². The number of rotatable bonds is 4. The first-order valence-corrected chi connectivity index (χ1v) is 6.61. The van der Waals surface area contributed by atoms with Crippen molar-refractivity contribution in [3.8, 4) is 0 Å². The van der Waals surface area contributed by atoms with Gasteiger partial charge >= 0.3 is 5.97 Å². The summed E-state index contributed by atoms with van der Waals surface area (Å²) in [7, 11) is 0. The Labute approximate surface area is 122 Å². The average molecular weight is 291 g/mol. The van der Waals surface area contributed by atoms with Crippen LogP contribution >= 0.6 is 11.6 Å². The summed E-state index contributed by atoms with van der Waals surface area (Å²) in [6, 6.07) is 9.03. The predicted molar refractivity (Wildman–Crippen MR) is 80.0 cm³/mol. The van der Waals surface area contributed by atoms with Crippen LogP contribution in [-0.2, 0) is 0 Å². The van der Waals surface area contributed by atoms with Gasteiger partial charge < -0.3 is 10.4 Å². The molecule has 0 aliphatic rings. The van der Waals surface area contributed by atoms with Gasteiger partial charge in [-0.3, -0.25) is 0 Å². The SMILES string of the molecule is CC(C)c1cc(Nc2cccc(Cl)c2)ncc1C(=O)O. The van der Waals surface area contributed by atoms with E-state index in [1.165, 1.54) is 6.20 Å². The van der Waals surface area contributed by atoms with Crippen LogP contribution in [0.3, 0.4) is 0 Å². The highest BCUT2D eigenvalue weighted by molar-refractivity contribution is 6.30. The van der Waals surface area contributed by atoms with E-state index >= 15 is 0 Å². The number of nitrogens with one attached hydrogen (secondary N) is 1. The van der Waals surface area contributed by atoms with Crippen LogP contribution in [0.2, 0.25) is 5.02 Å². The van der Waals surface area contributed by atoms with E-state index in [1.807, 2.05) is 26.0 Å². The lowest BCUT2D eigenvalue weighted by Gasteiger charge is -2.12. The van der Waals surface area contributed by atoms with Crippen molar-refractivity contribution in [2.45, 2.75) is 19.8 Å². The van der Waals surface area contributed by atoms with E-state index in [-0.39, 0.29) is 11.5 Å². The molecule has 20 heavy (non-hydrogen) atoms. The number of benzene rings is 1. The minimum atomic E-state index is -0.962. The van der Waals surface area contributed by atoms with E-state index < -0.39 is 5.97 Å². The third-order valence-electron chi connectivity index (χ3n) is 2.89. The number of hydrogen-bond acceptors (Lipinski definition) is 3. The Kier molecular flexibility index (Phi) is 4.25. The molecule has 2 rings (SSSR count). The molecule has 0 unspecified atom stereocenters. The first kappa shape index (κ1) is 14.3. The number of anilines is 2. The van der Waals surface area contributed by atoms with Gasteiger partial charge in [0.2, 0.25) is 0 Å². The zero-order chi connectivity index (χ0) is 14.7. The summed E-state index contributed by atoms with van der Waals surface area (Å²) in [5.74, 6) is -0.263. The van der Waals surface area contributed by atoms with Crippen LogP contribution in [0.4, 0.5) is 11.5 Å². The van der Waals surface area contributed by atoms with Gasteiger partial charge in [0, 0.05) is 16.9 Å². The Bertz CT molecular complexity index is 642. The summed E-state index contributed by atoms with van der Waals surface area (Å²) in [6.07, 6.45) is 1.38. The predicted octanol–water partition coefficient (Wildman–Crippen LogP) is 4.30. The second-order valence-corrected chi connectivity index (χ2v) is 5.19. The number of nitrogens with zero attached hydrogens (tertiary/aromatic N) is 1. The van der Waals surface area contributed by atoms with E-state index in [4.69, 9.17) is 16.7 Å². The van der Waals surface area contributed by atoms with Crippen LogP contribution in [0.1, 0.15) is 35.7 Å². The largest absolute Gasteiger partial charge is 0.478 e. The molecule has 0 spiro atoms. The van der Waals surface area contributed by atoms with Gasteiger partial charge in [0.05, 0.1) is 5.56 Å². The molecule has 104 valence electrons. The maximum Gasteiger partial charge on any atom is 0.337 e. The van der Waals surface area contributed by atoms with Gasteiger partial charge in [-0.05, 0) is 35.7 Å². The molecule has 0 saturated carbocycles. The Morgan fingerprint density at radius 1 is 1.35 bits per heavy atom. The van der Waals surface area contributed by atoms with E-state index in [0.29, 0.717) is 10.8 Å². The third-order valence-corrected chi connectivity index (χ3v) is 3.12. The van der Waals surface area contributed by atoms with E-state index in [9.17, 15) is 4.79 Å². The highest BCUT2D eigenvalue weighted by Crippen LogP contribution is 2.24. The normalized spacial score (nSPS) is 10.6. The van der Waals surface area contributed by atoms with Crippen molar-refractivity contribution >= 4 is 29.1 Å². The molecule has 4 nitrogen and oxygen atoms in total. The smallest absolute Gasteiger partial charge is 0.337 e. The summed E-state index contributed by atoms with van der Waals surface area (Å²) in [5.41, 5.74) is 1.79. The van der Waals surface area contributed by atoms with Crippen molar-refractivity contribution in [2.24, 2.45) is 0 Å². The van der Waals surface area contributed by atoms with E-state index in [2.05, 4.69) is 10.3 Å². The van der Waals surface area contributed by atoms with Gasteiger partial charge in [-0.2, -0.15) is 0 Å².